The highest BCUT2D eigenvalue weighted by atomic mass is 79.9. The summed E-state index contributed by atoms with van der Waals surface area (Å²) in [7, 11) is 0. The molecule has 0 unspecified atom stereocenters. The molecule has 0 spiro atoms. The zero-order valence-electron chi connectivity index (χ0n) is 16.1. The van der Waals surface area contributed by atoms with E-state index in [4.69, 9.17) is 11.6 Å². The van der Waals surface area contributed by atoms with Gasteiger partial charge in [-0.1, -0.05) is 53.5 Å². The summed E-state index contributed by atoms with van der Waals surface area (Å²) in [6.07, 6.45) is 2.05. The van der Waals surface area contributed by atoms with Crippen molar-refractivity contribution in [3.05, 3.63) is 93.2 Å². The highest BCUT2D eigenvalue weighted by Gasteiger charge is 2.19. The van der Waals surface area contributed by atoms with Gasteiger partial charge in [0.15, 0.2) is 0 Å². The van der Waals surface area contributed by atoms with E-state index >= 15 is 0 Å². The van der Waals surface area contributed by atoms with Crippen LogP contribution in [-0.4, -0.2) is 21.9 Å². The van der Waals surface area contributed by atoms with Gasteiger partial charge in [0.25, 0.3) is 5.91 Å². The quantitative estimate of drug-likeness (QED) is 0.410. The highest BCUT2D eigenvalue weighted by Crippen LogP contribution is 2.18. The van der Waals surface area contributed by atoms with E-state index in [2.05, 4.69) is 46.5 Å². The predicted molar refractivity (Wildman–Crippen MR) is 119 cm³/mol. The Morgan fingerprint density at radius 1 is 1.11 bits per heavy atom. The van der Waals surface area contributed by atoms with Crippen LogP contribution in [-0.2, 0) is 13.1 Å². The van der Waals surface area contributed by atoms with E-state index in [9.17, 15) is 4.79 Å². The zero-order chi connectivity index (χ0) is 20.1. The molecule has 3 rings (SSSR count). The van der Waals surface area contributed by atoms with Gasteiger partial charge in [0.05, 0.1) is 6.54 Å². The topological polar surface area (TPSA) is 25.2 Å². The summed E-state index contributed by atoms with van der Waals surface area (Å²) in [6.45, 7) is 6.27. The Balaban J connectivity index is 1.81. The van der Waals surface area contributed by atoms with E-state index in [-0.39, 0.29) is 5.91 Å². The number of benzene rings is 2. The van der Waals surface area contributed by atoms with Crippen LogP contribution in [0.1, 0.15) is 35.5 Å². The Bertz CT molecular complexity index is 934. The summed E-state index contributed by atoms with van der Waals surface area (Å²) in [5.41, 5.74) is 2.95. The van der Waals surface area contributed by atoms with Crippen molar-refractivity contribution in [2.24, 2.45) is 5.92 Å². The van der Waals surface area contributed by atoms with E-state index < -0.39 is 0 Å². The van der Waals surface area contributed by atoms with E-state index in [0.717, 1.165) is 27.3 Å². The van der Waals surface area contributed by atoms with Crippen molar-refractivity contribution in [1.82, 2.24) is 9.47 Å². The Morgan fingerprint density at radius 2 is 1.86 bits per heavy atom. The predicted octanol–water partition coefficient (Wildman–Crippen LogP) is 6.25. The van der Waals surface area contributed by atoms with Gasteiger partial charge in [0, 0.05) is 40.0 Å². The number of halogens is 2. The first-order chi connectivity index (χ1) is 13.4. The van der Waals surface area contributed by atoms with Gasteiger partial charge in [-0.3, -0.25) is 4.79 Å². The van der Waals surface area contributed by atoms with E-state index in [1.54, 1.807) is 0 Å². The van der Waals surface area contributed by atoms with Crippen molar-refractivity contribution in [1.29, 1.82) is 0 Å². The molecule has 1 amide bonds. The molecule has 0 N–H and O–H groups in total. The molecule has 0 aliphatic carbocycles. The Labute approximate surface area is 180 Å². The first kappa shape index (κ1) is 20.7. The minimum Gasteiger partial charge on any atom is -0.345 e. The van der Waals surface area contributed by atoms with E-state index in [1.807, 2.05) is 59.6 Å². The lowest BCUT2D eigenvalue weighted by molar-refractivity contribution is 0.0718. The molecule has 5 heteroatoms. The number of hydrogen-bond acceptors (Lipinski definition) is 1. The average Bonchev–Trinajstić information content (AvgIpc) is 3.07. The monoisotopic (exact) mass is 458 g/mol. The molecular weight excluding hydrogens is 436 g/mol. The van der Waals surface area contributed by atoms with Crippen LogP contribution < -0.4 is 0 Å². The normalized spacial score (nSPS) is 11.0. The van der Waals surface area contributed by atoms with Crippen molar-refractivity contribution in [3.8, 4) is 0 Å². The van der Waals surface area contributed by atoms with Crippen LogP contribution in [0.3, 0.4) is 0 Å². The lowest BCUT2D eigenvalue weighted by Crippen LogP contribution is -2.34. The Hall–Kier alpha value is -2.04. The molecule has 0 atom stereocenters. The zero-order valence-corrected chi connectivity index (χ0v) is 18.5. The molecule has 0 aliphatic heterocycles. The maximum Gasteiger partial charge on any atom is 0.254 e. The third-order valence-electron chi connectivity index (χ3n) is 4.48. The van der Waals surface area contributed by atoms with Crippen molar-refractivity contribution in [3.63, 3.8) is 0 Å². The fourth-order valence-corrected chi connectivity index (χ4v) is 3.69. The molecule has 1 aromatic heterocycles. The largest absolute Gasteiger partial charge is 0.345 e. The second-order valence-electron chi connectivity index (χ2n) is 7.34. The van der Waals surface area contributed by atoms with Crippen LogP contribution in [0.5, 0.6) is 0 Å². The smallest absolute Gasteiger partial charge is 0.254 e. The Kier molecular flexibility index (Phi) is 6.97. The van der Waals surface area contributed by atoms with Crippen LogP contribution in [0.4, 0.5) is 0 Å². The molecule has 0 saturated carbocycles. The first-order valence-corrected chi connectivity index (χ1v) is 10.5. The molecule has 2 aromatic carbocycles. The lowest BCUT2D eigenvalue weighted by Gasteiger charge is -2.25. The molecule has 146 valence electrons. The van der Waals surface area contributed by atoms with Gasteiger partial charge in [-0.15, -0.1) is 0 Å². The van der Waals surface area contributed by atoms with Gasteiger partial charge in [0.1, 0.15) is 0 Å². The summed E-state index contributed by atoms with van der Waals surface area (Å²) in [5, 5.41) is 0.734. The van der Waals surface area contributed by atoms with Gasteiger partial charge in [-0.2, -0.15) is 0 Å². The first-order valence-electron chi connectivity index (χ1n) is 9.35. The molecule has 0 aliphatic rings. The van der Waals surface area contributed by atoms with Crippen LogP contribution >= 0.6 is 27.5 Å². The van der Waals surface area contributed by atoms with Crippen molar-refractivity contribution in [2.75, 3.05) is 6.54 Å². The van der Waals surface area contributed by atoms with Gasteiger partial charge >= 0.3 is 0 Å². The van der Waals surface area contributed by atoms with Crippen molar-refractivity contribution < 1.29 is 4.79 Å². The number of aromatic nitrogens is 1. The molecule has 0 saturated heterocycles. The number of carbonyl (C=O) groups is 1. The summed E-state index contributed by atoms with van der Waals surface area (Å²) in [5.74, 6) is 0.437. The average molecular weight is 460 g/mol. The number of amides is 1. The van der Waals surface area contributed by atoms with Gasteiger partial charge in [0.2, 0.25) is 0 Å². The summed E-state index contributed by atoms with van der Waals surface area (Å²) in [6, 6.07) is 19.5. The van der Waals surface area contributed by atoms with Gasteiger partial charge in [-0.25, -0.2) is 0 Å². The SMILES string of the molecule is CC(C)CN(Cc1cccn1Cc1cccc(Cl)c1)C(=O)c1ccc(Br)cc1. The standard InChI is InChI=1S/C23H24BrClN2O/c1-17(2)14-27(23(28)19-8-10-20(24)11-9-19)16-22-7-4-12-26(22)15-18-5-3-6-21(25)13-18/h3-13,17H,14-16H2,1-2H3. The van der Waals surface area contributed by atoms with Crippen LogP contribution in [0, 0.1) is 5.92 Å². The summed E-state index contributed by atoms with van der Waals surface area (Å²) < 4.78 is 3.14. The second-order valence-corrected chi connectivity index (χ2v) is 8.70. The third kappa shape index (κ3) is 5.49. The maximum absolute atomic E-state index is 13.1. The molecule has 1 heterocycles. The van der Waals surface area contributed by atoms with E-state index in [0.29, 0.717) is 24.6 Å². The second kappa shape index (κ2) is 9.44. The molecule has 3 aromatic rings. The highest BCUT2D eigenvalue weighted by molar-refractivity contribution is 9.10. The minimum absolute atomic E-state index is 0.0525. The molecular formula is C23H24BrClN2O. The van der Waals surface area contributed by atoms with E-state index in [1.165, 1.54) is 0 Å². The van der Waals surface area contributed by atoms with Gasteiger partial charge < -0.3 is 9.47 Å². The van der Waals surface area contributed by atoms with Crippen molar-refractivity contribution in [2.45, 2.75) is 26.9 Å². The lowest BCUT2D eigenvalue weighted by atomic mass is 10.1. The van der Waals surface area contributed by atoms with Crippen LogP contribution in [0.2, 0.25) is 5.02 Å². The summed E-state index contributed by atoms with van der Waals surface area (Å²) in [4.78, 5) is 15.0. The van der Waals surface area contributed by atoms with Crippen LogP contribution in [0.25, 0.3) is 0 Å². The molecule has 0 fully saturated rings. The maximum atomic E-state index is 13.1. The third-order valence-corrected chi connectivity index (χ3v) is 5.25. The van der Waals surface area contributed by atoms with Crippen LogP contribution in [0.15, 0.2) is 71.3 Å². The fourth-order valence-electron chi connectivity index (χ4n) is 3.21. The fraction of sp³-hybridized carbons (Fsp3) is 0.261. The number of nitrogens with zero attached hydrogens (tertiary/aromatic N) is 2. The number of hydrogen-bond donors (Lipinski definition) is 0. The van der Waals surface area contributed by atoms with Crippen molar-refractivity contribution >= 4 is 33.4 Å². The molecule has 0 bridgehead atoms. The summed E-state index contributed by atoms with van der Waals surface area (Å²) >= 11 is 9.55. The molecule has 28 heavy (non-hydrogen) atoms. The Morgan fingerprint density at radius 3 is 2.54 bits per heavy atom. The molecule has 3 nitrogen and oxygen atoms in total. The molecule has 0 radical (unpaired) electrons. The number of carbonyl (C=O) groups excluding carboxylic acids is 1. The van der Waals surface area contributed by atoms with Gasteiger partial charge in [-0.05, 0) is 60.0 Å². The number of rotatable bonds is 7. The minimum atomic E-state index is 0.0525.